The largest absolute Gasteiger partial charge is 0.349 e. The molecule has 0 saturated carbocycles. The van der Waals surface area contributed by atoms with Gasteiger partial charge >= 0.3 is 0 Å². The smallest absolute Gasteiger partial charge is 0.195 e. The van der Waals surface area contributed by atoms with E-state index in [0.717, 1.165) is 35.1 Å². The van der Waals surface area contributed by atoms with Gasteiger partial charge in [-0.25, -0.2) is 0 Å². The number of hydrogen-bond acceptors (Lipinski definition) is 3. The summed E-state index contributed by atoms with van der Waals surface area (Å²) in [5, 5.41) is 9.02. The fourth-order valence-electron chi connectivity index (χ4n) is 1.83. The number of thioether (sulfide) groups is 1. The number of halogens is 1. The predicted molar refractivity (Wildman–Crippen MR) is 102 cm³/mol. The van der Waals surface area contributed by atoms with E-state index in [1.54, 1.807) is 11.8 Å². The highest BCUT2D eigenvalue weighted by molar-refractivity contribution is 14.0. The first-order chi connectivity index (χ1) is 9.56. The third-order valence-corrected chi connectivity index (χ3v) is 3.67. The van der Waals surface area contributed by atoms with Crippen molar-refractivity contribution in [2.45, 2.75) is 5.75 Å². The van der Waals surface area contributed by atoms with Crippen LogP contribution in [0.1, 0.15) is 11.1 Å². The number of aliphatic imine (C=N–C) groups is 1. The van der Waals surface area contributed by atoms with Gasteiger partial charge in [0.1, 0.15) is 0 Å². The highest BCUT2D eigenvalue weighted by Gasteiger charge is 2.04. The number of rotatable bonds is 5. The van der Waals surface area contributed by atoms with Crippen LogP contribution in [0.5, 0.6) is 0 Å². The van der Waals surface area contributed by atoms with E-state index >= 15 is 0 Å². The van der Waals surface area contributed by atoms with E-state index in [-0.39, 0.29) is 24.0 Å². The summed E-state index contributed by atoms with van der Waals surface area (Å²) in [5.41, 5.74) is 1.87. The van der Waals surface area contributed by atoms with E-state index in [1.165, 1.54) is 0 Å². The second kappa shape index (κ2) is 10.7. The van der Waals surface area contributed by atoms with Crippen LogP contribution in [0.25, 0.3) is 0 Å². The zero-order valence-corrected chi connectivity index (χ0v) is 16.2. The van der Waals surface area contributed by atoms with E-state index in [9.17, 15) is 0 Å². The SMILES string of the molecule is CN(C)C(=NCCSCc1ccccc1C#N)N(C)C.I. The fraction of sp³-hybridized carbons (Fsp3) is 0.467. The molecule has 116 valence electrons. The van der Waals surface area contributed by atoms with Gasteiger partial charge in [-0.2, -0.15) is 17.0 Å². The molecule has 0 N–H and O–H groups in total. The zero-order chi connectivity index (χ0) is 15.0. The minimum absolute atomic E-state index is 0. The van der Waals surface area contributed by atoms with Crippen LogP contribution in [0.4, 0.5) is 0 Å². The second-order valence-electron chi connectivity index (χ2n) is 4.79. The Morgan fingerprint density at radius 1 is 1.19 bits per heavy atom. The lowest BCUT2D eigenvalue weighted by Crippen LogP contribution is -2.35. The molecule has 0 aromatic heterocycles. The third kappa shape index (κ3) is 7.05. The first-order valence-electron chi connectivity index (χ1n) is 6.51. The summed E-state index contributed by atoms with van der Waals surface area (Å²) in [5.74, 6) is 2.78. The van der Waals surface area contributed by atoms with Gasteiger partial charge in [-0.1, -0.05) is 18.2 Å². The van der Waals surface area contributed by atoms with Gasteiger partial charge in [-0.15, -0.1) is 24.0 Å². The highest BCUT2D eigenvalue weighted by Crippen LogP contribution is 2.15. The molecule has 0 aliphatic heterocycles. The topological polar surface area (TPSA) is 42.6 Å². The second-order valence-corrected chi connectivity index (χ2v) is 5.90. The normalized spacial score (nSPS) is 9.29. The van der Waals surface area contributed by atoms with Crippen LogP contribution < -0.4 is 0 Å². The molecule has 0 atom stereocenters. The van der Waals surface area contributed by atoms with Gasteiger partial charge in [-0.05, 0) is 11.6 Å². The summed E-state index contributed by atoms with van der Waals surface area (Å²) in [6.07, 6.45) is 0. The number of hydrogen-bond donors (Lipinski definition) is 0. The van der Waals surface area contributed by atoms with Crippen molar-refractivity contribution in [2.75, 3.05) is 40.5 Å². The average molecular weight is 418 g/mol. The monoisotopic (exact) mass is 418 g/mol. The maximum absolute atomic E-state index is 9.02. The molecule has 0 heterocycles. The Bertz CT molecular complexity index is 485. The summed E-state index contributed by atoms with van der Waals surface area (Å²) in [4.78, 5) is 8.60. The van der Waals surface area contributed by atoms with Gasteiger partial charge < -0.3 is 9.80 Å². The van der Waals surface area contributed by atoms with Crippen molar-refractivity contribution < 1.29 is 0 Å². The summed E-state index contributed by atoms with van der Waals surface area (Å²) in [6, 6.07) is 9.99. The molecule has 6 heteroatoms. The molecule has 4 nitrogen and oxygen atoms in total. The van der Waals surface area contributed by atoms with Crippen LogP contribution in [0.3, 0.4) is 0 Å². The minimum Gasteiger partial charge on any atom is -0.349 e. The molecule has 0 spiro atoms. The van der Waals surface area contributed by atoms with Crippen LogP contribution >= 0.6 is 35.7 Å². The molecule has 1 rings (SSSR count). The molecular weight excluding hydrogens is 395 g/mol. The van der Waals surface area contributed by atoms with Crippen LogP contribution in [0.2, 0.25) is 0 Å². The molecule has 0 radical (unpaired) electrons. The van der Waals surface area contributed by atoms with Crippen LogP contribution in [0, 0.1) is 11.3 Å². The van der Waals surface area contributed by atoms with Crippen LogP contribution in [-0.4, -0.2) is 56.2 Å². The van der Waals surface area contributed by atoms with E-state index in [4.69, 9.17) is 5.26 Å². The van der Waals surface area contributed by atoms with Gasteiger partial charge in [0.2, 0.25) is 0 Å². The summed E-state index contributed by atoms with van der Waals surface area (Å²) in [6.45, 7) is 0.783. The number of guanidine groups is 1. The predicted octanol–water partition coefficient (Wildman–Crippen LogP) is 2.89. The molecule has 0 bridgehead atoms. The van der Waals surface area contributed by atoms with Crippen molar-refractivity contribution in [1.82, 2.24) is 9.80 Å². The van der Waals surface area contributed by atoms with Crippen molar-refractivity contribution in [3.05, 3.63) is 35.4 Å². The van der Waals surface area contributed by atoms with Crippen molar-refractivity contribution in [3.8, 4) is 6.07 Å². The van der Waals surface area contributed by atoms with Crippen molar-refractivity contribution >= 4 is 41.7 Å². The highest BCUT2D eigenvalue weighted by atomic mass is 127. The molecule has 1 aromatic carbocycles. The first kappa shape index (κ1) is 20.1. The molecule has 0 aliphatic carbocycles. The lowest BCUT2D eigenvalue weighted by Gasteiger charge is -2.22. The Balaban J connectivity index is 0.00000400. The summed E-state index contributed by atoms with van der Waals surface area (Å²) >= 11 is 1.81. The van der Waals surface area contributed by atoms with Crippen molar-refractivity contribution in [3.63, 3.8) is 0 Å². The maximum atomic E-state index is 9.02. The third-order valence-electron chi connectivity index (χ3n) is 2.68. The molecule has 0 aliphatic rings. The van der Waals surface area contributed by atoms with E-state index < -0.39 is 0 Å². The summed E-state index contributed by atoms with van der Waals surface area (Å²) in [7, 11) is 7.98. The number of nitriles is 1. The van der Waals surface area contributed by atoms with Gasteiger partial charge in [0.05, 0.1) is 18.2 Å². The Kier molecular flexibility index (Phi) is 10.3. The van der Waals surface area contributed by atoms with Crippen molar-refractivity contribution in [2.24, 2.45) is 4.99 Å². The molecular formula is C15H23IN4S. The van der Waals surface area contributed by atoms with Gasteiger partial charge in [0, 0.05) is 39.7 Å². The van der Waals surface area contributed by atoms with E-state index in [2.05, 4.69) is 11.1 Å². The minimum atomic E-state index is 0. The Morgan fingerprint density at radius 3 is 2.38 bits per heavy atom. The first-order valence-corrected chi connectivity index (χ1v) is 7.66. The molecule has 1 aromatic rings. The molecule has 0 fully saturated rings. The Morgan fingerprint density at radius 2 is 1.81 bits per heavy atom. The fourth-order valence-corrected chi connectivity index (χ4v) is 2.67. The summed E-state index contributed by atoms with van der Waals surface area (Å²) < 4.78 is 0. The number of nitrogens with zero attached hydrogens (tertiary/aromatic N) is 4. The molecule has 0 saturated heterocycles. The maximum Gasteiger partial charge on any atom is 0.195 e. The molecule has 0 amide bonds. The molecule has 21 heavy (non-hydrogen) atoms. The van der Waals surface area contributed by atoms with Crippen molar-refractivity contribution in [1.29, 1.82) is 5.26 Å². The quantitative estimate of drug-likeness (QED) is 0.319. The Hall–Kier alpha value is -0.940. The number of benzene rings is 1. The van der Waals surface area contributed by atoms with E-state index in [1.807, 2.05) is 62.3 Å². The molecule has 0 unspecified atom stereocenters. The average Bonchev–Trinajstić information content (AvgIpc) is 2.42. The van der Waals surface area contributed by atoms with Gasteiger partial charge in [0.25, 0.3) is 0 Å². The van der Waals surface area contributed by atoms with E-state index in [0.29, 0.717) is 0 Å². The zero-order valence-electron chi connectivity index (χ0n) is 13.0. The van der Waals surface area contributed by atoms with Gasteiger partial charge in [-0.3, -0.25) is 4.99 Å². The van der Waals surface area contributed by atoms with Crippen LogP contribution in [0.15, 0.2) is 29.3 Å². The lowest BCUT2D eigenvalue weighted by atomic mass is 10.1. The van der Waals surface area contributed by atoms with Crippen LogP contribution in [-0.2, 0) is 5.75 Å². The van der Waals surface area contributed by atoms with Gasteiger partial charge in [0.15, 0.2) is 5.96 Å². The Labute approximate surface area is 149 Å². The standard InChI is InChI=1S/C15H22N4S.HI/c1-18(2)15(19(3)4)17-9-10-20-12-14-8-6-5-7-13(14)11-16;/h5-8H,9-10,12H2,1-4H3;1H. The lowest BCUT2D eigenvalue weighted by molar-refractivity contribution is 0.480.